The lowest BCUT2D eigenvalue weighted by Crippen LogP contribution is -2.76. The Morgan fingerprint density at radius 1 is 0.448 bits per heavy atom. The molecule has 0 aromatic heterocycles. The summed E-state index contributed by atoms with van der Waals surface area (Å²) in [6.45, 7) is 0. The second kappa shape index (κ2) is 5.65. The molecule has 29 heavy (non-hydrogen) atoms. The van der Waals surface area contributed by atoms with Gasteiger partial charge >= 0.3 is 53.9 Å². The smallest absolute Gasteiger partial charge is 0.212 e. The van der Waals surface area contributed by atoms with Gasteiger partial charge in [-0.25, -0.2) is 8.78 Å². The molecule has 0 spiro atoms. The van der Waals surface area contributed by atoms with Crippen LogP contribution in [0.4, 0.5) is 83.4 Å². The van der Waals surface area contributed by atoms with Gasteiger partial charge in [0.25, 0.3) is 0 Å². The third-order valence-electron chi connectivity index (χ3n) is 3.61. The molecule has 1 heterocycles. The lowest BCUT2D eigenvalue weighted by Gasteiger charge is -2.45. The molecule has 0 aliphatic carbocycles. The van der Waals surface area contributed by atoms with Gasteiger partial charge in [-0.3, -0.25) is 0 Å². The van der Waals surface area contributed by atoms with Crippen molar-refractivity contribution < 1.29 is 83.4 Å². The van der Waals surface area contributed by atoms with Crippen LogP contribution in [0.25, 0.3) is 0 Å². The third kappa shape index (κ3) is 2.55. The van der Waals surface area contributed by atoms with Crippen molar-refractivity contribution >= 4 is 0 Å². The molecule has 0 N–H and O–H groups in total. The first-order valence-corrected chi connectivity index (χ1v) is 6.01. The highest BCUT2D eigenvalue weighted by molar-refractivity contribution is 5.27. The van der Waals surface area contributed by atoms with Crippen molar-refractivity contribution in [1.29, 1.82) is 0 Å². The van der Waals surface area contributed by atoms with Gasteiger partial charge in [0.15, 0.2) is 0 Å². The summed E-state index contributed by atoms with van der Waals surface area (Å²) < 4.78 is 245. The zero-order valence-corrected chi connectivity index (χ0v) is 12.1. The highest BCUT2D eigenvalue weighted by atomic mass is 19.4. The molecule has 0 saturated carbocycles. The van der Waals surface area contributed by atoms with Crippen LogP contribution in [0, 0.1) is 0 Å². The summed E-state index contributed by atoms with van der Waals surface area (Å²) in [5, 5.41) is 0. The maximum Gasteiger partial charge on any atom is 0.469 e. The standard InChI is InChI=1S/C9F19N/c10-1(11)2(12,13)5(17,7(21,22)23)29(9(27,28)8(24,25)26)4(1,16)3(14,15)6(18,19)20. The van der Waals surface area contributed by atoms with Crippen molar-refractivity contribution in [1.82, 2.24) is 4.90 Å². The third-order valence-corrected chi connectivity index (χ3v) is 3.61. The van der Waals surface area contributed by atoms with E-state index in [4.69, 9.17) is 0 Å². The molecule has 2 unspecified atom stereocenters. The highest BCUT2D eigenvalue weighted by Crippen LogP contribution is 2.73. The molecule has 2 atom stereocenters. The summed E-state index contributed by atoms with van der Waals surface area (Å²) in [6, 6.07) is -8.40. The second-order valence-corrected chi connectivity index (χ2v) is 5.34. The monoisotopic (exact) mass is 483 g/mol. The van der Waals surface area contributed by atoms with Crippen molar-refractivity contribution in [2.24, 2.45) is 0 Å². The predicted octanol–water partition coefficient (Wildman–Crippen LogP) is 5.82. The zero-order valence-electron chi connectivity index (χ0n) is 12.1. The van der Waals surface area contributed by atoms with Crippen LogP contribution in [0.15, 0.2) is 0 Å². The SMILES string of the molecule is FC(F)(F)C(F)(F)N1C(F)(C(F)(F)F)C(F)(F)C(F)(F)C1(F)C(F)(F)C(F)(F)F. The number of nitrogens with zero attached hydrogens (tertiary/aromatic N) is 1. The van der Waals surface area contributed by atoms with Crippen molar-refractivity contribution in [2.45, 2.75) is 53.9 Å². The molecule has 1 nitrogen and oxygen atoms in total. The van der Waals surface area contributed by atoms with E-state index >= 15 is 0 Å². The maximum absolute atomic E-state index is 14.1. The largest absolute Gasteiger partial charge is 0.469 e. The Labute approximate surface area is 144 Å². The summed E-state index contributed by atoms with van der Waals surface area (Å²) in [5.41, 5.74) is 0. The van der Waals surface area contributed by atoms with E-state index in [1.54, 1.807) is 0 Å². The van der Waals surface area contributed by atoms with Gasteiger partial charge in [0, 0.05) is 0 Å². The van der Waals surface area contributed by atoms with Crippen LogP contribution in [0.1, 0.15) is 0 Å². The summed E-state index contributed by atoms with van der Waals surface area (Å²) >= 11 is 0. The van der Waals surface area contributed by atoms with E-state index in [1.807, 2.05) is 0 Å². The first kappa shape index (κ1) is 25.7. The molecule has 1 aliphatic heterocycles. The number of hydrogen-bond donors (Lipinski definition) is 0. The fourth-order valence-electron chi connectivity index (χ4n) is 2.25. The van der Waals surface area contributed by atoms with Gasteiger partial charge in [0.2, 0.25) is 0 Å². The van der Waals surface area contributed by atoms with Crippen LogP contribution in [0.3, 0.4) is 0 Å². The number of likely N-dealkylation sites (tertiary alicyclic amines) is 1. The Balaban J connectivity index is 4.32. The van der Waals surface area contributed by atoms with Crippen molar-refractivity contribution in [3.63, 3.8) is 0 Å². The topological polar surface area (TPSA) is 3.24 Å². The average Bonchev–Trinajstić information content (AvgIpc) is 2.51. The minimum absolute atomic E-state index is 4.86. The highest BCUT2D eigenvalue weighted by Gasteiger charge is 3.06. The average molecular weight is 483 g/mol. The van der Waals surface area contributed by atoms with Gasteiger partial charge in [0.1, 0.15) is 0 Å². The molecule has 0 radical (unpaired) electrons. The number of alkyl halides is 19. The molecule has 1 fully saturated rings. The lowest BCUT2D eigenvalue weighted by atomic mass is 9.96. The number of halogens is 19. The van der Waals surface area contributed by atoms with E-state index in [2.05, 4.69) is 0 Å². The Morgan fingerprint density at radius 3 is 1.00 bits per heavy atom. The predicted molar refractivity (Wildman–Crippen MR) is 47.5 cm³/mol. The zero-order chi connectivity index (χ0) is 24.1. The van der Waals surface area contributed by atoms with E-state index in [0.717, 1.165) is 0 Å². The number of hydrogen-bond acceptors (Lipinski definition) is 1. The molecule has 174 valence electrons. The second-order valence-electron chi connectivity index (χ2n) is 5.34. The normalized spacial score (nSPS) is 32.0. The summed E-state index contributed by atoms with van der Waals surface area (Å²) in [4.78, 5) is -4.86. The molecule has 0 aromatic carbocycles. The fourth-order valence-corrected chi connectivity index (χ4v) is 2.25. The van der Waals surface area contributed by atoms with E-state index in [0.29, 0.717) is 0 Å². The molecular weight excluding hydrogens is 483 g/mol. The van der Waals surface area contributed by atoms with Gasteiger partial charge in [-0.15, -0.1) is 4.90 Å². The van der Waals surface area contributed by atoms with E-state index in [-0.39, 0.29) is 0 Å². The summed E-state index contributed by atoms with van der Waals surface area (Å²) in [5.74, 6) is -42.3. The Hall–Kier alpha value is -1.37. The van der Waals surface area contributed by atoms with Crippen LogP contribution < -0.4 is 0 Å². The molecule has 1 aliphatic rings. The van der Waals surface area contributed by atoms with Crippen LogP contribution in [0.2, 0.25) is 0 Å². The first-order chi connectivity index (χ1) is 12.1. The molecule has 0 amide bonds. The molecule has 0 bridgehead atoms. The van der Waals surface area contributed by atoms with Crippen LogP contribution in [0.5, 0.6) is 0 Å². The maximum atomic E-state index is 14.1. The summed E-state index contributed by atoms with van der Waals surface area (Å²) in [7, 11) is 0. The van der Waals surface area contributed by atoms with Crippen LogP contribution >= 0.6 is 0 Å². The quantitative estimate of drug-likeness (QED) is 0.354. The minimum atomic E-state index is -8.62. The van der Waals surface area contributed by atoms with E-state index < -0.39 is 58.8 Å². The molecular formula is C9F19N. The molecule has 1 saturated heterocycles. The molecule has 1 rings (SSSR count). The summed E-state index contributed by atoms with van der Waals surface area (Å²) in [6.07, 6.45) is -24.3. The van der Waals surface area contributed by atoms with Crippen molar-refractivity contribution in [3.05, 3.63) is 0 Å². The Bertz CT molecular complexity index is 652. The van der Waals surface area contributed by atoms with Gasteiger partial charge in [0.05, 0.1) is 0 Å². The minimum Gasteiger partial charge on any atom is -0.212 e. The van der Waals surface area contributed by atoms with Crippen molar-refractivity contribution in [2.75, 3.05) is 0 Å². The van der Waals surface area contributed by atoms with Crippen LogP contribution in [-0.2, 0) is 0 Å². The van der Waals surface area contributed by atoms with Gasteiger partial charge in [-0.2, -0.15) is 74.6 Å². The molecule has 20 heteroatoms. The van der Waals surface area contributed by atoms with Gasteiger partial charge < -0.3 is 0 Å². The van der Waals surface area contributed by atoms with E-state index in [1.165, 1.54) is 0 Å². The van der Waals surface area contributed by atoms with Gasteiger partial charge in [-0.1, -0.05) is 0 Å². The van der Waals surface area contributed by atoms with Gasteiger partial charge in [-0.05, 0) is 0 Å². The van der Waals surface area contributed by atoms with Crippen LogP contribution in [-0.4, -0.2) is 58.8 Å². The molecule has 0 aromatic rings. The Morgan fingerprint density at radius 2 is 0.759 bits per heavy atom. The Kier molecular flexibility index (Phi) is 5.00. The van der Waals surface area contributed by atoms with Crippen molar-refractivity contribution in [3.8, 4) is 0 Å². The number of rotatable bonds is 2. The first-order valence-electron chi connectivity index (χ1n) is 6.01. The fraction of sp³-hybridized carbons (Fsp3) is 1.00. The van der Waals surface area contributed by atoms with E-state index in [9.17, 15) is 83.4 Å². The lowest BCUT2D eigenvalue weighted by molar-refractivity contribution is -0.464.